The van der Waals surface area contributed by atoms with Crippen LogP contribution in [-0.4, -0.2) is 20.8 Å². The Morgan fingerprint density at radius 1 is 0.731 bits per heavy atom. The van der Waals surface area contributed by atoms with E-state index in [2.05, 4.69) is 10.2 Å². The number of Topliss-reactive ketones (excluding diaryl/α,β-unsaturated/α-hetero) is 1. The van der Waals surface area contributed by atoms with Gasteiger partial charge in [-0.1, -0.05) is 78.9 Å². The third-order valence-electron chi connectivity index (χ3n) is 4.14. The van der Waals surface area contributed by atoms with Crippen molar-refractivity contribution in [3.05, 3.63) is 102 Å². The Hall–Kier alpha value is -3.53. The van der Waals surface area contributed by atoms with E-state index in [9.17, 15) is 4.79 Å². The van der Waals surface area contributed by atoms with Gasteiger partial charge in [-0.25, -0.2) is 0 Å². The Morgan fingerprint density at radius 3 is 1.96 bits per heavy atom. The van der Waals surface area contributed by atoms with Crippen molar-refractivity contribution in [1.29, 1.82) is 0 Å². The number of rotatable bonds is 5. The van der Waals surface area contributed by atoms with Gasteiger partial charge in [0, 0.05) is 11.1 Å². The third-order valence-corrected chi connectivity index (χ3v) is 4.14. The lowest BCUT2D eigenvalue weighted by Crippen LogP contribution is -2.05. The van der Waals surface area contributed by atoms with E-state index in [-0.39, 0.29) is 12.2 Å². The molecule has 0 N–H and O–H groups in total. The lowest BCUT2D eigenvalue weighted by Gasteiger charge is -2.01. The average Bonchev–Trinajstić information content (AvgIpc) is 3.14. The minimum atomic E-state index is 0.0305. The molecule has 1 heterocycles. The fourth-order valence-corrected chi connectivity index (χ4v) is 2.83. The van der Waals surface area contributed by atoms with Crippen LogP contribution in [0.25, 0.3) is 16.9 Å². The highest BCUT2D eigenvalue weighted by molar-refractivity contribution is 5.97. The SMILES string of the molecule is O=C(Cc1nn(-c2ccccc2)nc1-c1ccccc1)c1ccccc1. The summed E-state index contributed by atoms with van der Waals surface area (Å²) in [5.74, 6) is 0.0305. The second-order valence-electron chi connectivity index (χ2n) is 5.95. The summed E-state index contributed by atoms with van der Waals surface area (Å²) in [5, 5.41) is 9.26. The largest absolute Gasteiger partial charge is 0.294 e. The van der Waals surface area contributed by atoms with E-state index >= 15 is 0 Å². The number of hydrogen-bond donors (Lipinski definition) is 0. The number of carbonyl (C=O) groups excluding carboxylic acids is 1. The Balaban J connectivity index is 1.75. The number of hydrogen-bond acceptors (Lipinski definition) is 3. The van der Waals surface area contributed by atoms with Crippen LogP contribution >= 0.6 is 0 Å². The highest BCUT2D eigenvalue weighted by Gasteiger charge is 2.18. The van der Waals surface area contributed by atoms with Gasteiger partial charge in [-0.05, 0) is 12.1 Å². The number of benzene rings is 3. The summed E-state index contributed by atoms with van der Waals surface area (Å²) >= 11 is 0. The molecule has 26 heavy (non-hydrogen) atoms. The smallest absolute Gasteiger partial charge is 0.168 e. The molecule has 1 aromatic heterocycles. The normalized spacial score (nSPS) is 10.6. The molecule has 4 heteroatoms. The molecule has 0 unspecified atom stereocenters. The van der Waals surface area contributed by atoms with Crippen LogP contribution in [0.4, 0.5) is 0 Å². The first kappa shape index (κ1) is 16.0. The molecule has 0 saturated carbocycles. The maximum atomic E-state index is 12.7. The van der Waals surface area contributed by atoms with Crippen molar-refractivity contribution in [3.8, 4) is 16.9 Å². The van der Waals surface area contributed by atoms with E-state index in [4.69, 9.17) is 0 Å². The molecule has 0 amide bonds. The van der Waals surface area contributed by atoms with Crippen LogP contribution in [-0.2, 0) is 6.42 Å². The second-order valence-corrected chi connectivity index (χ2v) is 5.95. The number of nitrogens with zero attached hydrogens (tertiary/aromatic N) is 3. The zero-order valence-corrected chi connectivity index (χ0v) is 14.1. The van der Waals surface area contributed by atoms with Gasteiger partial charge in [-0.15, -0.1) is 5.10 Å². The summed E-state index contributed by atoms with van der Waals surface area (Å²) in [6.45, 7) is 0. The summed E-state index contributed by atoms with van der Waals surface area (Å²) in [5.41, 5.74) is 3.90. The molecule has 4 nitrogen and oxygen atoms in total. The summed E-state index contributed by atoms with van der Waals surface area (Å²) < 4.78 is 0. The number of ketones is 1. The Bertz CT molecular complexity index is 1010. The van der Waals surface area contributed by atoms with Crippen molar-refractivity contribution in [2.45, 2.75) is 6.42 Å². The van der Waals surface area contributed by atoms with E-state index < -0.39 is 0 Å². The van der Waals surface area contributed by atoms with Crippen LogP contribution in [0.1, 0.15) is 16.1 Å². The van der Waals surface area contributed by atoms with Crippen LogP contribution in [0.15, 0.2) is 91.0 Å². The van der Waals surface area contributed by atoms with Crippen LogP contribution < -0.4 is 0 Å². The minimum Gasteiger partial charge on any atom is -0.294 e. The van der Waals surface area contributed by atoms with Gasteiger partial charge < -0.3 is 0 Å². The van der Waals surface area contributed by atoms with Gasteiger partial charge in [0.1, 0.15) is 5.69 Å². The molecule has 0 aliphatic heterocycles. The van der Waals surface area contributed by atoms with E-state index in [1.165, 1.54) is 0 Å². The lowest BCUT2D eigenvalue weighted by atomic mass is 10.0. The first-order chi connectivity index (χ1) is 12.8. The van der Waals surface area contributed by atoms with Gasteiger partial charge in [-0.3, -0.25) is 4.79 Å². The topological polar surface area (TPSA) is 47.8 Å². The highest BCUT2D eigenvalue weighted by atomic mass is 16.1. The fraction of sp³-hybridized carbons (Fsp3) is 0.0455. The quantitative estimate of drug-likeness (QED) is 0.508. The molecular weight excluding hydrogens is 322 g/mol. The molecule has 0 spiro atoms. The Morgan fingerprint density at radius 2 is 1.31 bits per heavy atom. The molecule has 0 radical (unpaired) electrons. The van der Waals surface area contributed by atoms with Gasteiger partial charge in [0.05, 0.1) is 17.8 Å². The van der Waals surface area contributed by atoms with Gasteiger partial charge in [-0.2, -0.15) is 9.90 Å². The minimum absolute atomic E-state index is 0.0305. The van der Waals surface area contributed by atoms with Crippen LogP contribution in [0, 0.1) is 0 Å². The van der Waals surface area contributed by atoms with Crippen molar-refractivity contribution >= 4 is 5.78 Å². The molecule has 0 atom stereocenters. The van der Waals surface area contributed by atoms with Crippen molar-refractivity contribution in [2.75, 3.05) is 0 Å². The van der Waals surface area contributed by atoms with Crippen LogP contribution in [0.3, 0.4) is 0 Å². The van der Waals surface area contributed by atoms with Crippen LogP contribution in [0.5, 0.6) is 0 Å². The van der Waals surface area contributed by atoms with E-state index in [1.807, 2.05) is 91.0 Å². The molecule has 0 aliphatic carbocycles. The van der Waals surface area contributed by atoms with E-state index in [1.54, 1.807) is 4.80 Å². The molecule has 0 fully saturated rings. The van der Waals surface area contributed by atoms with Gasteiger partial charge in [0.15, 0.2) is 5.78 Å². The summed E-state index contributed by atoms with van der Waals surface area (Å²) in [6, 6.07) is 28.8. The third kappa shape index (κ3) is 3.30. The second kappa shape index (κ2) is 7.15. The zero-order chi connectivity index (χ0) is 17.8. The van der Waals surface area contributed by atoms with E-state index in [0.29, 0.717) is 11.3 Å². The molecule has 0 aliphatic rings. The van der Waals surface area contributed by atoms with Crippen molar-refractivity contribution < 1.29 is 4.79 Å². The summed E-state index contributed by atoms with van der Waals surface area (Å²) in [4.78, 5) is 14.3. The monoisotopic (exact) mass is 339 g/mol. The predicted molar refractivity (Wildman–Crippen MR) is 101 cm³/mol. The summed E-state index contributed by atoms with van der Waals surface area (Å²) in [7, 11) is 0. The van der Waals surface area contributed by atoms with Crippen molar-refractivity contribution in [2.24, 2.45) is 0 Å². The molecule has 4 rings (SSSR count). The zero-order valence-electron chi connectivity index (χ0n) is 14.1. The number of para-hydroxylation sites is 1. The van der Waals surface area contributed by atoms with E-state index in [0.717, 1.165) is 16.9 Å². The number of aromatic nitrogens is 3. The number of carbonyl (C=O) groups is 1. The fourth-order valence-electron chi connectivity index (χ4n) is 2.83. The van der Waals surface area contributed by atoms with Gasteiger partial charge in [0.25, 0.3) is 0 Å². The molecule has 3 aromatic carbocycles. The van der Waals surface area contributed by atoms with Crippen molar-refractivity contribution in [3.63, 3.8) is 0 Å². The maximum absolute atomic E-state index is 12.7. The average molecular weight is 339 g/mol. The van der Waals surface area contributed by atoms with Crippen molar-refractivity contribution in [1.82, 2.24) is 15.0 Å². The van der Waals surface area contributed by atoms with Gasteiger partial charge >= 0.3 is 0 Å². The molecule has 0 saturated heterocycles. The molecule has 126 valence electrons. The molecule has 0 bridgehead atoms. The molecule has 4 aromatic rings. The highest BCUT2D eigenvalue weighted by Crippen LogP contribution is 2.22. The standard InChI is InChI=1S/C22H17N3O/c26-21(17-10-4-1-5-11-17)16-20-22(18-12-6-2-7-13-18)24-25(23-20)19-14-8-3-9-15-19/h1-15H,16H2. The summed E-state index contributed by atoms with van der Waals surface area (Å²) in [6.07, 6.45) is 0.209. The molecular formula is C22H17N3O. The first-order valence-corrected chi connectivity index (χ1v) is 8.46. The lowest BCUT2D eigenvalue weighted by molar-refractivity contribution is 0.0992. The Labute approximate surface area is 151 Å². The Kier molecular flexibility index (Phi) is 4.39. The van der Waals surface area contributed by atoms with Crippen LogP contribution in [0.2, 0.25) is 0 Å². The van der Waals surface area contributed by atoms with Gasteiger partial charge in [0.2, 0.25) is 0 Å². The predicted octanol–water partition coefficient (Wildman–Crippen LogP) is 4.36. The first-order valence-electron chi connectivity index (χ1n) is 8.46. The maximum Gasteiger partial charge on any atom is 0.168 e.